The maximum absolute atomic E-state index is 12.3. The first-order valence-electron chi connectivity index (χ1n) is 7.55. The Morgan fingerprint density at radius 1 is 1.22 bits per heavy atom. The maximum Gasteiger partial charge on any atom is 0.228 e. The molecule has 1 heterocycles. The standard InChI is InChI=1S/C15H28N2O/c1-4-15(2,3)14(18)17-9-7-13(8-10-17)16-11-12-5-6-12/h12-13,16H,4-11H2,1-3H3. The molecule has 0 aromatic heterocycles. The van der Waals surface area contributed by atoms with Crippen molar-refractivity contribution in [1.82, 2.24) is 10.2 Å². The summed E-state index contributed by atoms with van der Waals surface area (Å²) in [5.74, 6) is 1.29. The van der Waals surface area contributed by atoms with Gasteiger partial charge in [0.05, 0.1) is 0 Å². The Labute approximate surface area is 111 Å². The highest BCUT2D eigenvalue weighted by Gasteiger charge is 2.32. The molecule has 1 saturated heterocycles. The van der Waals surface area contributed by atoms with E-state index in [1.54, 1.807) is 0 Å². The van der Waals surface area contributed by atoms with Crippen molar-refractivity contribution in [3.63, 3.8) is 0 Å². The molecule has 3 nitrogen and oxygen atoms in total. The Morgan fingerprint density at radius 2 is 1.83 bits per heavy atom. The fourth-order valence-corrected chi connectivity index (χ4v) is 2.52. The number of carbonyl (C=O) groups is 1. The second-order valence-corrected chi connectivity index (χ2v) is 6.66. The van der Waals surface area contributed by atoms with Gasteiger partial charge in [-0.05, 0) is 44.6 Å². The summed E-state index contributed by atoms with van der Waals surface area (Å²) >= 11 is 0. The summed E-state index contributed by atoms with van der Waals surface area (Å²) in [5, 5.41) is 3.66. The fraction of sp³-hybridized carbons (Fsp3) is 0.933. The summed E-state index contributed by atoms with van der Waals surface area (Å²) in [6.45, 7) is 9.29. The van der Waals surface area contributed by atoms with E-state index in [0.717, 1.165) is 38.3 Å². The van der Waals surface area contributed by atoms with Crippen LogP contribution in [0.3, 0.4) is 0 Å². The quantitative estimate of drug-likeness (QED) is 0.815. The minimum absolute atomic E-state index is 0.186. The van der Waals surface area contributed by atoms with Crippen LogP contribution >= 0.6 is 0 Å². The van der Waals surface area contributed by atoms with Crippen LogP contribution in [0.4, 0.5) is 0 Å². The lowest BCUT2D eigenvalue weighted by Crippen LogP contribution is -2.49. The molecule has 104 valence electrons. The smallest absolute Gasteiger partial charge is 0.228 e. The fourth-order valence-electron chi connectivity index (χ4n) is 2.52. The van der Waals surface area contributed by atoms with E-state index >= 15 is 0 Å². The Kier molecular flexibility index (Phi) is 4.31. The van der Waals surface area contributed by atoms with Crippen molar-refractivity contribution >= 4 is 5.91 Å². The van der Waals surface area contributed by atoms with Gasteiger partial charge < -0.3 is 10.2 Å². The molecule has 18 heavy (non-hydrogen) atoms. The third-order valence-corrected chi connectivity index (χ3v) is 4.64. The van der Waals surface area contributed by atoms with Crippen molar-refractivity contribution in [2.75, 3.05) is 19.6 Å². The molecule has 0 spiro atoms. The monoisotopic (exact) mass is 252 g/mol. The highest BCUT2D eigenvalue weighted by molar-refractivity contribution is 5.82. The van der Waals surface area contributed by atoms with Crippen LogP contribution in [-0.2, 0) is 4.79 Å². The van der Waals surface area contributed by atoms with Gasteiger partial charge in [-0.15, -0.1) is 0 Å². The van der Waals surface area contributed by atoms with E-state index in [2.05, 4.69) is 31.0 Å². The van der Waals surface area contributed by atoms with Crippen molar-refractivity contribution in [3.05, 3.63) is 0 Å². The van der Waals surface area contributed by atoms with Crippen LogP contribution in [0.15, 0.2) is 0 Å². The topological polar surface area (TPSA) is 32.3 Å². The number of carbonyl (C=O) groups excluding carboxylic acids is 1. The average Bonchev–Trinajstić information content (AvgIpc) is 3.20. The minimum atomic E-state index is -0.186. The molecule has 1 aliphatic carbocycles. The van der Waals surface area contributed by atoms with Gasteiger partial charge in [0.15, 0.2) is 0 Å². The van der Waals surface area contributed by atoms with Crippen LogP contribution in [0, 0.1) is 11.3 Å². The first kappa shape index (κ1) is 13.9. The number of hydrogen-bond donors (Lipinski definition) is 1. The minimum Gasteiger partial charge on any atom is -0.342 e. The zero-order valence-electron chi connectivity index (χ0n) is 12.2. The Hall–Kier alpha value is -0.570. The van der Waals surface area contributed by atoms with Crippen molar-refractivity contribution in [3.8, 4) is 0 Å². The van der Waals surface area contributed by atoms with Gasteiger partial charge in [0, 0.05) is 24.5 Å². The molecule has 2 aliphatic rings. The maximum atomic E-state index is 12.3. The number of amides is 1. The Morgan fingerprint density at radius 3 is 2.33 bits per heavy atom. The summed E-state index contributed by atoms with van der Waals surface area (Å²) in [5.41, 5.74) is -0.186. The number of piperidine rings is 1. The number of nitrogens with zero attached hydrogens (tertiary/aromatic N) is 1. The largest absolute Gasteiger partial charge is 0.342 e. The first-order chi connectivity index (χ1) is 8.53. The van der Waals surface area contributed by atoms with E-state index in [9.17, 15) is 4.79 Å². The number of rotatable bonds is 5. The van der Waals surface area contributed by atoms with Gasteiger partial charge in [-0.1, -0.05) is 20.8 Å². The second-order valence-electron chi connectivity index (χ2n) is 6.66. The van der Waals surface area contributed by atoms with E-state index in [-0.39, 0.29) is 5.41 Å². The Bertz CT molecular complexity index is 289. The van der Waals surface area contributed by atoms with E-state index in [1.807, 2.05) is 0 Å². The molecule has 0 aromatic carbocycles. The Balaban J connectivity index is 1.73. The molecular formula is C15H28N2O. The van der Waals surface area contributed by atoms with E-state index in [4.69, 9.17) is 0 Å². The van der Waals surface area contributed by atoms with Crippen LogP contribution in [0.25, 0.3) is 0 Å². The van der Waals surface area contributed by atoms with Gasteiger partial charge in [0.25, 0.3) is 0 Å². The van der Waals surface area contributed by atoms with Crippen molar-refractivity contribution < 1.29 is 4.79 Å². The first-order valence-corrected chi connectivity index (χ1v) is 7.55. The highest BCUT2D eigenvalue weighted by Crippen LogP contribution is 2.28. The lowest BCUT2D eigenvalue weighted by Gasteiger charge is -2.37. The van der Waals surface area contributed by atoms with Crippen LogP contribution < -0.4 is 5.32 Å². The molecule has 2 rings (SSSR count). The average molecular weight is 252 g/mol. The van der Waals surface area contributed by atoms with E-state index in [1.165, 1.54) is 19.4 Å². The third kappa shape index (κ3) is 3.47. The van der Waals surface area contributed by atoms with Crippen LogP contribution in [0.1, 0.15) is 52.9 Å². The lowest BCUT2D eigenvalue weighted by atomic mass is 9.87. The molecule has 2 fully saturated rings. The van der Waals surface area contributed by atoms with Crippen molar-refractivity contribution in [2.24, 2.45) is 11.3 Å². The second kappa shape index (κ2) is 5.60. The van der Waals surface area contributed by atoms with Gasteiger partial charge in [-0.2, -0.15) is 0 Å². The SMILES string of the molecule is CCC(C)(C)C(=O)N1CCC(NCC2CC2)CC1. The molecule has 1 N–H and O–H groups in total. The summed E-state index contributed by atoms with van der Waals surface area (Å²) in [6, 6.07) is 0.638. The predicted molar refractivity (Wildman–Crippen MR) is 74.4 cm³/mol. The van der Waals surface area contributed by atoms with E-state index < -0.39 is 0 Å². The van der Waals surface area contributed by atoms with Crippen LogP contribution in [0.5, 0.6) is 0 Å². The molecule has 0 radical (unpaired) electrons. The highest BCUT2D eigenvalue weighted by atomic mass is 16.2. The van der Waals surface area contributed by atoms with Crippen LogP contribution in [0.2, 0.25) is 0 Å². The van der Waals surface area contributed by atoms with Gasteiger partial charge in [-0.25, -0.2) is 0 Å². The van der Waals surface area contributed by atoms with Gasteiger partial charge in [0.2, 0.25) is 5.91 Å². The van der Waals surface area contributed by atoms with Gasteiger partial charge in [0.1, 0.15) is 0 Å². The molecule has 0 unspecified atom stereocenters. The molecule has 1 aliphatic heterocycles. The van der Waals surface area contributed by atoms with Gasteiger partial charge >= 0.3 is 0 Å². The molecule has 0 aromatic rings. The van der Waals surface area contributed by atoms with E-state index in [0.29, 0.717) is 11.9 Å². The molecule has 1 saturated carbocycles. The molecule has 0 atom stereocenters. The summed E-state index contributed by atoms with van der Waals surface area (Å²) < 4.78 is 0. The lowest BCUT2D eigenvalue weighted by molar-refractivity contribution is -0.141. The van der Waals surface area contributed by atoms with Crippen molar-refractivity contribution in [2.45, 2.75) is 58.9 Å². The molecule has 1 amide bonds. The van der Waals surface area contributed by atoms with Crippen LogP contribution in [-0.4, -0.2) is 36.5 Å². The molecule has 3 heteroatoms. The predicted octanol–water partition coefficient (Wildman–Crippen LogP) is 2.41. The zero-order valence-corrected chi connectivity index (χ0v) is 12.2. The third-order valence-electron chi connectivity index (χ3n) is 4.64. The number of nitrogens with one attached hydrogen (secondary N) is 1. The summed E-state index contributed by atoms with van der Waals surface area (Å²) in [4.78, 5) is 14.4. The summed E-state index contributed by atoms with van der Waals surface area (Å²) in [6.07, 6.45) is 5.99. The number of hydrogen-bond acceptors (Lipinski definition) is 2. The normalized spacial score (nSPS) is 22.3. The summed E-state index contributed by atoms with van der Waals surface area (Å²) in [7, 11) is 0. The van der Waals surface area contributed by atoms with Gasteiger partial charge in [-0.3, -0.25) is 4.79 Å². The molecule has 0 bridgehead atoms. The molecular weight excluding hydrogens is 224 g/mol. The number of likely N-dealkylation sites (tertiary alicyclic amines) is 1. The van der Waals surface area contributed by atoms with Crippen molar-refractivity contribution in [1.29, 1.82) is 0 Å². The zero-order chi connectivity index (χ0) is 13.2.